The van der Waals surface area contributed by atoms with Crippen molar-refractivity contribution in [2.24, 2.45) is 0 Å². The van der Waals surface area contributed by atoms with Crippen molar-refractivity contribution in [2.45, 2.75) is 33.9 Å². The summed E-state index contributed by atoms with van der Waals surface area (Å²) < 4.78 is 6.40. The lowest BCUT2D eigenvalue weighted by Crippen LogP contribution is -2.35. The van der Waals surface area contributed by atoms with E-state index in [1.807, 2.05) is 12.1 Å². The van der Waals surface area contributed by atoms with E-state index in [2.05, 4.69) is 128 Å². The maximum absolute atomic E-state index is 6.40. The minimum atomic E-state index is 0.115. The molecule has 0 saturated carbocycles. The first-order valence-corrected chi connectivity index (χ1v) is 13.3. The molecule has 186 valence electrons. The van der Waals surface area contributed by atoms with Gasteiger partial charge in [0.2, 0.25) is 0 Å². The number of hydrogen-bond donors (Lipinski definition) is 0. The van der Waals surface area contributed by atoms with Crippen molar-refractivity contribution < 1.29 is 4.42 Å². The van der Waals surface area contributed by atoms with Crippen LogP contribution in [-0.2, 0) is 0 Å². The van der Waals surface area contributed by atoms with E-state index in [-0.39, 0.29) is 6.17 Å². The molecule has 0 spiro atoms. The zero-order chi connectivity index (χ0) is 26.0. The highest BCUT2D eigenvalue weighted by molar-refractivity contribution is 6.10. The van der Waals surface area contributed by atoms with Gasteiger partial charge in [-0.1, -0.05) is 66.7 Å². The quantitative estimate of drug-likeness (QED) is 0.244. The first-order chi connectivity index (χ1) is 18.5. The molecule has 2 heterocycles. The number of para-hydroxylation sites is 3. The SMILES string of the molecule is Cc1cc(C)cc(N2c3ccc(-c4cccc5c4oc4ccccc45)cc3N(c3ccccc3C)C2C)c1. The van der Waals surface area contributed by atoms with Crippen LogP contribution in [0.3, 0.4) is 0 Å². The lowest BCUT2D eigenvalue weighted by molar-refractivity contribution is 0.670. The molecule has 1 unspecified atom stereocenters. The van der Waals surface area contributed by atoms with Gasteiger partial charge in [-0.05, 0) is 86.3 Å². The number of aryl methyl sites for hydroxylation is 3. The van der Waals surface area contributed by atoms with Crippen LogP contribution >= 0.6 is 0 Å². The molecule has 0 radical (unpaired) electrons. The summed E-state index contributed by atoms with van der Waals surface area (Å²) in [6.45, 7) is 8.84. The highest BCUT2D eigenvalue weighted by Gasteiger charge is 2.36. The van der Waals surface area contributed by atoms with Gasteiger partial charge in [0, 0.05) is 27.7 Å². The number of rotatable bonds is 3. The van der Waals surface area contributed by atoms with E-state index in [0.717, 1.165) is 33.1 Å². The first kappa shape index (κ1) is 22.7. The second kappa shape index (κ2) is 8.53. The van der Waals surface area contributed by atoms with E-state index >= 15 is 0 Å². The molecule has 0 N–H and O–H groups in total. The molecule has 7 rings (SSSR count). The van der Waals surface area contributed by atoms with Crippen LogP contribution in [-0.4, -0.2) is 6.17 Å². The van der Waals surface area contributed by atoms with Crippen LogP contribution in [0.1, 0.15) is 23.6 Å². The fourth-order valence-corrected chi connectivity index (χ4v) is 6.19. The first-order valence-electron chi connectivity index (χ1n) is 13.3. The summed E-state index contributed by atoms with van der Waals surface area (Å²) in [5, 5.41) is 2.31. The van der Waals surface area contributed by atoms with Gasteiger partial charge in [-0.25, -0.2) is 0 Å². The summed E-state index contributed by atoms with van der Waals surface area (Å²) in [5.74, 6) is 0. The maximum atomic E-state index is 6.40. The molecule has 1 aliphatic heterocycles. The predicted octanol–water partition coefficient (Wildman–Crippen LogP) is 9.81. The van der Waals surface area contributed by atoms with Crippen LogP contribution in [0.5, 0.6) is 0 Å². The molecule has 0 amide bonds. The van der Waals surface area contributed by atoms with Gasteiger partial charge in [-0.15, -0.1) is 0 Å². The lowest BCUT2D eigenvalue weighted by Gasteiger charge is -2.31. The number of fused-ring (bicyclic) bond motifs is 4. The normalized spacial score (nSPS) is 15.0. The molecule has 0 aliphatic carbocycles. The molecule has 1 aromatic heterocycles. The Hall–Kier alpha value is -4.50. The Balaban J connectivity index is 1.45. The summed E-state index contributed by atoms with van der Waals surface area (Å²) >= 11 is 0. The molecule has 0 saturated heterocycles. The minimum Gasteiger partial charge on any atom is -0.455 e. The Morgan fingerprint density at radius 3 is 2.16 bits per heavy atom. The largest absolute Gasteiger partial charge is 0.455 e. The molecule has 5 aromatic carbocycles. The van der Waals surface area contributed by atoms with Crippen molar-refractivity contribution in [2.75, 3.05) is 9.80 Å². The summed E-state index contributed by atoms with van der Waals surface area (Å²) in [4.78, 5) is 4.94. The lowest BCUT2D eigenvalue weighted by atomic mass is 10.0. The van der Waals surface area contributed by atoms with Crippen molar-refractivity contribution >= 4 is 44.7 Å². The van der Waals surface area contributed by atoms with Crippen LogP contribution in [0.25, 0.3) is 33.1 Å². The van der Waals surface area contributed by atoms with Gasteiger partial charge >= 0.3 is 0 Å². The van der Waals surface area contributed by atoms with Gasteiger partial charge in [0.25, 0.3) is 0 Å². The monoisotopic (exact) mass is 494 g/mol. The van der Waals surface area contributed by atoms with Gasteiger partial charge in [0.15, 0.2) is 0 Å². The fraction of sp³-hybridized carbons (Fsp3) is 0.143. The van der Waals surface area contributed by atoms with Crippen molar-refractivity contribution in [1.82, 2.24) is 0 Å². The van der Waals surface area contributed by atoms with Crippen molar-refractivity contribution in [3.05, 3.63) is 120 Å². The summed E-state index contributed by atoms with van der Waals surface area (Å²) in [6.07, 6.45) is 0.115. The molecule has 1 aliphatic rings. The van der Waals surface area contributed by atoms with Crippen molar-refractivity contribution in [3.63, 3.8) is 0 Å². The van der Waals surface area contributed by atoms with Crippen LogP contribution in [0, 0.1) is 20.8 Å². The highest BCUT2D eigenvalue weighted by Crippen LogP contribution is 2.50. The number of hydrogen-bond acceptors (Lipinski definition) is 3. The van der Waals surface area contributed by atoms with Crippen LogP contribution < -0.4 is 9.80 Å². The van der Waals surface area contributed by atoms with Crippen LogP contribution in [0.2, 0.25) is 0 Å². The van der Waals surface area contributed by atoms with Gasteiger partial charge in [-0.2, -0.15) is 0 Å². The number of furan rings is 1. The van der Waals surface area contributed by atoms with Gasteiger partial charge in [-0.3, -0.25) is 0 Å². The molecule has 6 aromatic rings. The molecule has 3 heteroatoms. The maximum Gasteiger partial charge on any atom is 0.143 e. The smallest absolute Gasteiger partial charge is 0.143 e. The third-order valence-electron chi connectivity index (χ3n) is 7.82. The van der Waals surface area contributed by atoms with Gasteiger partial charge in [0.1, 0.15) is 17.3 Å². The van der Waals surface area contributed by atoms with Crippen molar-refractivity contribution in [1.29, 1.82) is 0 Å². The Labute approximate surface area is 223 Å². The molecular weight excluding hydrogens is 464 g/mol. The zero-order valence-electron chi connectivity index (χ0n) is 22.2. The average molecular weight is 495 g/mol. The summed E-state index contributed by atoms with van der Waals surface area (Å²) in [7, 11) is 0. The highest BCUT2D eigenvalue weighted by atomic mass is 16.3. The van der Waals surface area contributed by atoms with Gasteiger partial charge < -0.3 is 14.2 Å². The number of anilines is 4. The van der Waals surface area contributed by atoms with Gasteiger partial charge in [0.05, 0.1) is 11.4 Å². The molecule has 0 fully saturated rings. The van der Waals surface area contributed by atoms with Crippen LogP contribution in [0.4, 0.5) is 22.7 Å². The fourth-order valence-electron chi connectivity index (χ4n) is 6.19. The van der Waals surface area contributed by atoms with Crippen LogP contribution in [0.15, 0.2) is 108 Å². The number of benzene rings is 5. The summed E-state index contributed by atoms with van der Waals surface area (Å²) in [5.41, 5.74) is 12.8. The standard InChI is InChI=1S/C35H30N2O/c1-22-18-23(2)20-27(19-22)36-25(4)37(31-14-7-5-10-24(31)3)33-21-26(16-17-32(33)36)28-12-9-13-30-29-11-6-8-15-34(29)38-35(28)30/h5-21,25H,1-4H3. The molecule has 0 bridgehead atoms. The molecule has 38 heavy (non-hydrogen) atoms. The van der Waals surface area contributed by atoms with E-state index in [9.17, 15) is 0 Å². The second-order valence-electron chi connectivity index (χ2n) is 10.5. The Bertz CT molecular complexity index is 1830. The Morgan fingerprint density at radius 1 is 0.605 bits per heavy atom. The van der Waals surface area contributed by atoms with E-state index < -0.39 is 0 Å². The second-order valence-corrected chi connectivity index (χ2v) is 10.5. The van der Waals surface area contributed by atoms with E-state index in [1.165, 1.54) is 39.4 Å². The predicted molar refractivity (Wildman–Crippen MR) is 160 cm³/mol. The third-order valence-corrected chi connectivity index (χ3v) is 7.82. The average Bonchev–Trinajstić information content (AvgIpc) is 3.42. The minimum absolute atomic E-state index is 0.115. The topological polar surface area (TPSA) is 19.6 Å². The number of nitrogens with zero attached hydrogens (tertiary/aromatic N) is 2. The zero-order valence-corrected chi connectivity index (χ0v) is 22.2. The van der Waals surface area contributed by atoms with E-state index in [0.29, 0.717) is 0 Å². The Morgan fingerprint density at radius 2 is 1.34 bits per heavy atom. The van der Waals surface area contributed by atoms with E-state index in [1.54, 1.807) is 0 Å². The third kappa shape index (κ3) is 3.42. The van der Waals surface area contributed by atoms with E-state index in [4.69, 9.17) is 4.42 Å². The van der Waals surface area contributed by atoms with Crippen molar-refractivity contribution in [3.8, 4) is 11.1 Å². The molecular formula is C35H30N2O. The molecule has 1 atom stereocenters. The summed E-state index contributed by atoms with van der Waals surface area (Å²) in [6, 6.07) is 37.1. The molecule has 3 nitrogen and oxygen atoms in total. The Kier molecular flexibility index (Phi) is 5.09.